The van der Waals surface area contributed by atoms with Crippen molar-refractivity contribution in [3.63, 3.8) is 0 Å². The highest BCUT2D eigenvalue weighted by atomic mass is 16.5. The lowest BCUT2D eigenvalue weighted by Crippen LogP contribution is -2.21. The number of likely N-dealkylation sites (tertiary alicyclic amines) is 1. The zero-order valence-corrected chi connectivity index (χ0v) is 18.9. The molecule has 5 rings (SSSR count). The zero-order chi connectivity index (χ0) is 24.4. The average molecular weight is 463 g/mol. The first-order valence-corrected chi connectivity index (χ1v) is 11.0. The van der Waals surface area contributed by atoms with Gasteiger partial charge in [0.05, 0.1) is 5.56 Å². The summed E-state index contributed by atoms with van der Waals surface area (Å²) in [5.41, 5.74) is 8.13. The van der Waals surface area contributed by atoms with Crippen molar-refractivity contribution in [1.29, 1.82) is 0 Å². The molecule has 35 heavy (non-hydrogen) atoms. The number of ether oxygens (including phenoxy) is 1. The fourth-order valence-corrected chi connectivity index (χ4v) is 3.85. The van der Waals surface area contributed by atoms with Crippen LogP contribution >= 0.6 is 0 Å². The molecule has 1 fully saturated rings. The summed E-state index contributed by atoms with van der Waals surface area (Å²) in [4.78, 5) is 39.7. The SMILES string of the molecule is CN1CC[C@@H](C#Cc2cccc(-c3ncc4c(C(=O)Oc5ccccc5)cnc(N)c4n3)c2)C1=O. The fraction of sp³-hybridized carbons (Fsp3) is 0.148. The number of nitrogens with zero attached hydrogens (tertiary/aromatic N) is 4. The maximum atomic E-state index is 12.8. The number of hydrogen-bond donors (Lipinski definition) is 1. The lowest BCUT2D eigenvalue weighted by atomic mass is 10.1. The highest BCUT2D eigenvalue weighted by Crippen LogP contribution is 2.25. The molecule has 172 valence electrons. The van der Waals surface area contributed by atoms with Gasteiger partial charge in [-0.3, -0.25) is 4.79 Å². The summed E-state index contributed by atoms with van der Waals surface area (Å²) in [6, 6.07) is 16.2. The third-order valence-corrected chi connectivity index (χ3v) is 5.77. The van der Waals surface area contributed by atoms with E-state index in [0.717, 1.165) is 24.1 Å². The highest BCUT2D eigenvalue weighted by molar-refractivity contribution is 6.06. The van der Waals surface area contributed by atoms with Gasteiger partial charge in [0, 0.05) is 42.5 Å². The highest BCUT2D eigenvalue weighted by Gasteiger charge is 2.27. The van der Waals surface area contributed by atoms with E-state index in [-0.39, 0.29) is 23.2 Å². The molecule has 2 N–H and O–H groups in total. The second-order valence-corrected chi connectivity index (χ2v) is 8.17. The Kier molecular flexibility index (Phi) is 5.81. The van der Waals surface area contributed by atoms with E-state index in [4.69, 9.17) is 10.5 Å². The van der Waals surface area contributed by atoms with Crippen LogP contribution in [0.3, 0.4) is 0 Å². The predicted octanol–water partition coefficient (Wildman–Crippen LogP) is 3.32. The third-order valence-electron chi connectivity index (χ3n) is 5.77. The summed E-state index contributed by atoms with van der Waals surface area (Å²) in [6.45, 7) is 0.722. The van der Waals surface area contributed by atoms with Crippen molar-refractivity contribution in [2.24, 2.45) is 5.92 Å². The molecule has 8 nitrogen and oxygen atoms in total. The molecule has 2 aromatic heterocycles. The Balaban J connectivity index is 1.45. The maximum absolute atomic E-state index is 12.8. The summed E-state index contributed by atoms with van der Waals surface area (Å²) in [6.07, 6.45) is 3.64. The molecule has 1 saturated heterocycles. The van der Waals surface area contributed by atoms with Crippen molar-refractivity contribution < 1.29 is 14.3 Å². The van der Waals surface area contributed by atoms with Crippen LogP contribution in [-0.2, 0) is 4.79 Å². The Morgan fingerprint density at radius 2 is 1.94 bits per heavy atom. The van der Waals surface area contributed by atoms with Crippen molar-refractivity contribution in [3.05, 3.63) is 78.1 Å². The quantitative estimate of drug-likeness (QED) is 0.282. The van der Waals surface area contributed by atoms with E-state index in [0.29, 0.717) is 22.5 Å². The molecule has 0 unspecified atom stereocenters. The number of nitrogens with two attached hydrogens (primary N) is 1. The number of carbonyl (C=O) groups is 2. The van der Waals surface area contributed by atoms with E-state index in [2.05, 4.69) is 26.8 Å². The molecule has 0 aliphatic carbocycles. The smallest absolute Gasteiger partial charge is 0.345 e. The van der Waals surface area contributed by atoms with Crippen molar-refractivity contribution in [3.8, 4) is 29.0 Å². The molecule has 0 saturated carbocycles. The molecule has 4 aromatic rings. The van der Waals surface area contributed by atoms with Gasteiger partial charge in [0.25, 0.3) is 0 Å². The van der Waals surface area contributed by atoms with Gasteiger partial charge in [-0.25, -0.2) is 19.7 Å². The zero-order valence-electron chi connectivity index (χ0n) is 18.9. The van der Waals surface area contributed by atoms with Crippen LogP contribution in [0.4, 0.5) is 5.82 Å². The summed E-state index contributed by atoms with van der Waals surface area (Å²) in [7, 11) is 1.79. The van der Waals surface area contributed by atoms with E-state index in [1.807, 2.05) is 30.3 Å². The van der Waals surface area contributed by atoms with Crippen molar-refractivity contribution in [2.75, 3.05) is 19.3 Å². The number of anilines is 1. The number of esters is 1. The monoisotopic (exact) mass is 463 g/mol. The molecular formula is C27H21N5O3. The molecule has 2 aromatic carbocycles. The Morgan fingerprint density at radius 1 is 1.11 bits per heavy atom. The first-order chi connectivity index (χ1) is 17.0. The normalized spacial score (nSPS) is 15.1. The molecular weight excluding hydrogens is 442 g/mol. The lowest BCUT2D eigenvalue weighted by molar-refractivity contribution is -0.128. The average Bonchev–Trinajstić information content (AvgIpc) is 3.20. The Hall–Kier alpha value is -4.77. The standard InChI is InChI=1S/C27H21N5O3/c1-32-13-12-18(26(32)33)11-10-17-6-5-7-19(14-17)25-30-15-21-22(16-29-24(28)23(21)31-25)27(34)35-20-8-3-2-4-9-20/h2-9,14-16,18H,12-13H2,1H3,(H2,28,29)/t18-/m1/s1. The summed E-state index contributed by atoms with van der Waals surface area (Å²) in [5, 5.41) is 0.446. The van der Waals surface area contributed by atoms with E-state index >= 15 is 0 Å². The number of rotatable bonds is 3. The number of carbonyl (C=O) groups excluding carboxylic acids is 2. The maximum Gasteiger partial charge on any atom is 0.345 e. The lowest BCUT2D eigenvalue weighted by Gasteiger charge is -2.09. The number of nitrogen functional groups attached to an aromatic ring is 1. The van der Waals surface area contributed by atoms with E-state index in [9.17, 15) is 9.59 Å². The van der Waals surface area contributed by atoms with Gasteiger partial charge in [0.15, 0.2) is 5.82 Å². The van der Waals surface area contributed by atoms with Crippen molar-refractivity contribution in [1.82, 2.24) is 19.9 Å². The molecule has 0 bridgehead atoms. The molecule has 0 radical (unpaired) electrons. The number of aromatic nitrogens is 3. The second kappa shape index (κ2) is 9.23. The fourth-order valence-electron chi connectivity index (χ4n) is 3.85. The number of pyridine rings is 1. The Bertz CT molecular complexity index is 1510. The largest absolute Gasteiger partial charge is 0.423 e. The van der Waals surface area contributed by atoms with Crippen LogP contribution in [0.5, 0.6) is 5.75 Å². The minimum absolute atomic E-state index is 0.0519. The van der Waals surface area contributed by atoms with Gasteiger partial charge >= 0.3 is 5.97 Å². The van der Waals surface area contributed by atoms with E-state index in [1.54, 1.807) is 42.4 Å². The first-order valence-electron chi connectivity index (χ1n) is 11.0. The van der Waals surface area contributed by atoms with Crippen molar-refractivity contribution >= 4 is 28.6 Å². The van der Waals surface area contributed by atoms with Crippen LogP contribution in [0.2, 0.25) is 0 Å². The minimum Gasteiger partial charge on any atom is -0.423 e. The number of fused-ring (bicyclic) bond motifs is 1. The van der Waals surface area contributed by atoms with Gasteiger partial charge in [-0.05, 0) is 30.7 Å². The summed E-state index contributed by atoms with van der Waals surface area (Å²) in [5.74, 6) is 6.38. The molecule has 0 spiro atoms. The van der Waals surface area contributed by atoms with Crippen LogP contribution in [0.15, 0.2) is 67.0 Å². The number of para-hydroxylation sites is 1. The van der Waals surface area contributed by atoms with Crippen LogP contribution in [-0.4, -0.2) is 45.3 Å². The molecule has 1 atom stereocenters. The summed E-state index contributed by atoms with van der Waals surface area (Å²) < 4.78 is 5.44. The van der Waals surface area contributed by atoms with Gasteiger partial charge in [-0.2, -0.15) is 0 Å². The first kappa shape index (κ1) is 22.0. The summed E-state index contributed by atoms with van der Waals surface area (Å²) >= 11 is 0. The topological polar surface area (TPSA) is 111 Å². The van der Waals surface area contributed by atoms with Gasteiger partial charge in [-0.1, -0.05) is 42.2 Å². The van der Waals surface area contributed by atoms with E-state index in [1.165, 1.54) is 6.20 Å². The van der Waals surface area contributed by atoms with Gasteiger partial charge in [0.2, 0.25) is 5.91 Å². The minimum atomic E-state index is -0.575. The molecule has 1 aliphatic rings. The molecule has 8 heteroatoms. The number of benzene rings is 2. The Morgan fingerprint density at radius 3 is 2.71 bits per heavy atom. The molecule has 1 amide bonds. The van der Waals surface area contributed by atoms with Crippen molar-refractivity contribution in [2.45, 2.75) is 6.42 Å². The molecule has 3 heterocycles. The molecule has 1 aliphatic heterocycles. The van der Waals surface area contributed by atoms with Crippen LogP contribution < -0.4 is 10.5 Å². The second-order valence-electron chi connectivity index (χ2n) is 8.17. The van der Waals surface area contributed by atoms with Gasteiger partial charge in [0.1, 0.15) is 23.0 Å². The van der Waals surface area contributed by atoms with Crippen LogP contribution in [0.1, 0.15) is 22.3 Å². The van der Waals surface area contributed by atoms with Gasteiger partial charge in [-0.15, -0.1) is 0 Å². The van der Waals surface area contributed by atoms with E-state index < -0.39 is 5.97 Å². The van der Waals surface area contributed by atoms with Gasteiger partial charge < -0.3 is 15.4 Å². The number of amides is 1. The third kappa shape index (κ3) is 4.52. The van der Waals surface area contributed by atoms with Crippen LogP contribution in [0.25, 0.3) is 22.3 Å². The Labute approximate surface area is 201 Å². The number of hydrogen-bond acceptors (Lipinski definition) is 7. The van der Waals surface area contributed by atoms with Crippen LogP contribution in [0, 0.1) is 17.8 Å². The predicted molar refractivity (Wildman–Crippen MR) is 131 cm³/mol.